The van der Waals surface area contributed by atoms with Gasteiger partial charge in [0.2, 0.25) is 0 Å². The Bertz CT molecular complexity index is 482. The molecule has 0 aromatic carbocycles. The first-order chi connectivity index (χ1) is 9.88. The molecule has 0 aliphatic heterocycles. The molecule has 118 valence electrons. The number of aryl methyl sites for hydroxylation is 1. The number of carboxylic acids is 1. The fourth-order valence-corrected chi connectivity index (χ4v) is 2.37. The number of amides is 2. The molecule has 0 bridgehead atoms. The van der Waals surface area contributed by atoms with E-state index < -0.39 is 18.0 Å². The maximum Gasteiger partial charge on any atom is 0.331 e. The number of nitrogens with one attached hydrogen (secondary N) is 2. The largest absolute Gasteiger partial charge is 0.479 e. The lowest BCUT2D eigenvalue weighted by atomic mass is 9.96. The molecule has 0 fully saturated rings. The van der Waals surface area contributed by atoms with Crippen LogP contribution in [0.3, 0.4) is 0 Å². The summed E-state index contributed by atoms with van der Waals surface area (Å²) in [5, 5.41) is 18.4. The summed E-state index contributed by atoms with van der Waals surface area (Å²) in [7, 11) is 1.69. The van der Waals surface area contributed by atoms with Gasteiger partial charge in [-0.15, -0.1) is 0 Å². The minimum absolute atomic E-state index is 0.0108. The summed E-state index contributed by atoms with van der Waals surface area (Å²) in [6.45, 7) is 6.07. The maximum absolute atomic E-state index is 12.0. The zero-order valence-corrected chi connectivity index (χ0v) is 13.0. The molecule has 0 radical (unpaired) electrons. The van der Waals surface area contributed by atoms with Gasteiger partial charge < -0.3 is 15.7 Å². The second-order valence-corrected chi connectivity index (χ2v) is 5.20. The van der Waals surface area contributed by atoms with Crippen molar-refractivity contribution < 1.29 is 14.7 Å². The Morgan fingerprint density at radius 3 is 2.38 bits per heavy atom. The number of carbonyl (C=O) groups is 2. The van der Waals surface area contributed by atoms with Crippen LogP contribution < -0.4 is 10.6 Å². The van der Waals surface area contributed by atoms with E-state index >= 15 is 0 Å². The molecule has 0 saturated carbocycles. The van der Waals surface area contributed by atoms with Gasteiger partial charge in [0.1, 0.15) is 0 Å². The number of rotatable bonds is 7. The summed E-state index contributed by atoms with van der Waals surface area (Å²) >= 11 is 0. The van der Waals surface area contributed by atoms with Gasteiger partial charge in [0.05, 0.1) is 6.20 Å². The van der Waals surface area contributed by atoms with Gasteiger partial charge in [-0.2, -0.15) is 5.10 Å². The molecule has 2 atom stereocenters. The van der Waals surface area contributed by atoms with Crippen molar-refractivity contribution in [2.75, 3.05) is 0 Å². The molecule has 7 heteroatoms. The van der Waals surface area contributed by atoms with Crippen molar-refractivity contribution in [3.63, 3.8) is 0 Å². The van der Waals surface area contributed by atoms with Crippen LogP contribution in [-0.2, 0) is 11.8 Å². The second-order valence-electron chi connectivity index (χ2n) is 5.20. The van der Waals surface area contributed by atoms with Crippen molar-refractivity contribution in [2.45, 2.75) is 45.7 Å². The zero-order chi connectivity index (χ0) is 16.0. The average Bonchev–Trinajstić information content (AvgIpc) is 2.83. The predicted octanol–water partition coefficient (Wildman–Crippen LogP) is 1.67. The van der Waals surface area contributed by atoms with E-state index in [1.54, 1.807) is 13.2 Å². The molecule has 1 aromatic rings. The third kappa shape index (κ3) is 4.77. The van der Waals surface area contributed by atoms with E-state index in [4.69, 9.17) is 0 Å². The minimum atomic E-state index is -1.12. The van der Waals surface area contributed by atoms with Crippen LogP contribution >= 0.6 is 0 Å². The van der Waals surface area contributed by atoms with Gasteiger partial charge >= 0.3 is 12.0 Å². The van der Waals surface area contributed by atoms with E-state index in [1.165, 1.54) is 10.9 Å². The van der Waals surface area contributed by atoms with E-state index in [0.29, 0.717) is 11.5 Å². The first-order valence-electron chi connectivity index (χ1n) is 7.17. The molecule has 0 aliphatic carbocycles. The number of nitrogens with zero attached hydrogens (tertiary/aromatic N) is 2. The Hall–Kier alpha value is -2.05. The third-order valence-electron chi connectivity index (χ3n) is 3.70. The highest BCUT2D eigenvalue weighted by Crippen LogP contribution is 2.14. The molecule has 0 saturated heterocycles. The average molecular weight is 296 g/mol. The highest BCUT2D eigenvalue weighted by Gasteiger charge is 2.24. The lowest BCUT2D eigenvalue weighted by Gasteiger charge is -2.23. The molecule has 7 nitrogen and oxygen atoms in total. The van der Waals surface area contributed by atoms with E-state index in [-0.39, 0.29) is 6.04 Å². The van der Waals surface area contributed by atoms with Crippen molar-refractivity contribution in [2.24, 2.45) is 13.0 Å². The monoisotopic (exact) mass is 296 g/mol. The molecule has 0 spiro atoms. The summed E-state index contributed by atoms with van der Waals surface area (Å²) in [6, 6.07) is -1.60. The standard InChI is InChI=1S/C14H24N4O3/c1-5-10(6-2)9(3)16-14(21)17-12(13(19)20)11-7-15-18(4)8-11/h7-10,12H,5-6H2,1-4H3,(H,19,20)(H2,16,17,21). The number of hydrogen-bond acceptors (Lipinski definition) is 3. The smallest absolute Gasteiger partial charge is 0.331 e. The maximum atomic E-state index is 12.0. The Labute approximate surface area is 124 Å². The van der Waals surface area contributed by atoms with Crippen molar-refractivity contribution in [3.8, 4) is 0 Å². The number of hydrogen-bond donors (Lipinski definition) is 3. The molecule has 1 rings (SSSR count). The van der Waals surface area contributed by atoms with E-state index in [0.717, 1.165) is 12.8 Å². The Balaban J connectivity index is 2.68. The third-order valence-corrected chi connectivity index (χ3v) is 3.70. The molecule has 21 heavy (non-hydrogen) atoms. The summed E-state index contributed by atoms with van der Waals surface area (Å²) in [4.78, 5) is 23.3. The number of carboxylic acid groups (broad SMARTS) is 1. The quantitative estimate of drug-likeness (QED) is 0.713. The topological polar surface area (TPSA) is 96.2 Å². The molecule has 2 unspecified atom stereocenters. The highest BCUT2D eigenvalue weighted by atomic mass is 16.4. The van der Waals surface area contributed by atoms with Gasteiger partial charge in [0.25, 0.3) is 0 Å². The van der Waals surface area contributed by atoms with Gasteiger partial charge in [-0.05, 0) is 12.8 Å². The molecular formula is C14H24N4O3. The van der Waals surface area contributed by atoms with Crippen molar-refractivity contribution >= 4 is 12.0 Å². The molecule has 2 amide bonds. The Morgan fingerprint density at radius 2 is 1.95 bits per heavy atom. The van der Waals surface area contributed by atoms with Crippen LogP contribution in [0.4, 0.5) is 4.79 Å². The summed E-state index contributed by atoms with van der Waals surface area (Å²) < 4.78 is 1.50. The summed E-state index contributed by atoms with van der Waals surface area (Å²) in [5.74, 6) is -0.745. The van der Waals surface area contributed by atoms with Crippen molar-refractivity contribution in [1.82, 2.24) is 20.4 Å². The van der Waals surface area contributed by atoms with Crippen molar-refractivity contribution in [1.29, 1.82) is 0 Å². The summed E-state index contributed by atoms with van der Waals surface area (Å²) in [5.41, 5.74) is 0.440. The number of aliphatic carboxylic acids is 1. The number of urea groups is 1. The Morgan fingerprint density at radius 1 is 1.33 bits per heavy atom. The minimum Gasteiger partial charge on any atom is -0.479 e. The van der Waals surface area contributed by atoms with Crippen LogP contribution in [0.25, 0.3) is 0 Å². The van der Waals surface area contributed by atoms with Gasteiger partial charge in [-0.25, -0.2) is 9.59 Å². The van der Waals surface area contributed by atoms with E-state index in [2.05, 4.69) is 29.6 Å². The van der Waals surface area contributed by atoms with Crippen LogP contribution in [0.1, 0.15) is 45.2 Å². The molecule has 1 aromatic heterocycles. The lowest BCUT2D eigenvalue weighted by molar-refractivity contribution is -0.139. The SMILES string of the molecule is CCC(CC)C(C)NC(=O)NC(C(=O)O)c1cnn(C)c1. The van der Waals surface area contributed by atoms with Gasteiger partial charge in [0, 0.05) is 24.8 Å². The van der Waals surface area contributed by atoms with Gasteiger partial charge in [-0.3, -0.25) is 4.68 Å². The normalized spacial score (nSPS) is 13.8. The lowest BCUT2D eigenvalue weighted by Crippen LogP contribution is -2.46. The summed E-state index contributed by atoms with van der Waals surface area (Å²) in [6.07, 6.45) is 4.93. The van der Waals surface area contributed by atoms with Crippen LogP contribution in [0, 0.1) is 5.92 Å². The predicted molar refractivity (Wildman–Crippen MR) is 78.8 cm³/mol. The van der Waals surface area contributed by atoms with Crippen LogP contribution in [0.5, 0.6) is 0 Å². The van der Waals surface area contributed by atoms with Crippen LogP contribution in [0.15, 0.2) is 12.4 Å². The second kappa shape index (κ2) is 7.66. The first kappa shape index (κ1) is 17.0. The molecule has 0 aliphatic rings. The van der Waals surface area contributed by atoms with E-state index in [9.17, 15) is 14.7 Å². The van der Waals surface area contributed by atoms with Gasteiger partial charge in [0.15, 0.2) is 6.04 Å². The Kier molecular flexibility index (Phi) is 6.20. The van der Waals surface area contributed by atoms with Crippen LogP contribution in [0.2, 0.25) is 0 Å². The molecule has 1 heterocycles. The zero-order valence-electron chi connectivity index (χ0n) is 13.0. The van der Waals surface area contributed by atoms with Gasteiger partial charge in [-0.1, -0.05) is 26.7 Å². The number of aromatic nitrogens is 2. The van der Waals surface area contributed by atoms with Crippen molar-refractivity contribution in [3.05, 3.63) is 18.0 Å². The fraction of sp³-hybridized carbons (Fsp3) is 0.643. The molecule has 3 N–H and O–H groups in total. The molecular weight excluding hydrogens is 272 g/mol. The first-order valence-corrected chi connectivity index (χ1v) is 7.17. The van der Waals surface area contributed by atoms with Crippen LogP contribution in [-0.4, -0.2) is 32.9 Å². The highest BCUT2D eigenvalue weighted by molar-refractivity contribution is 5.83. The fourth-order valence-electron chi connectivity index (χ4n) is 2.37. The number of carbonyl (C=O) groups excluding carboxylic acids is 1. The van der Waals surface area contributed by atoms with E-state index in [1.807, 2.05) is 6.92 Å².